The Morgan fingerprint density at radius 1 is 1.04 bits per heavy atom. The number of hydrogen-bond donors (Lipinski definition) is 1. The third kappa shape index (κ3) is 3.06. The van der Waals surface area contributed by atoms with Crippen LogP contribution in [-0.4, -0.2) is 33.5 Å². The van der Waals surface area contributed by atoms with Crippen molar-refractivity contribution in [3.05, 3.63) is 69.0 Å². The van der Waals surface area contributed by atoms with Crippen LogP contribution in [0.2, 0.25) is 0 Å². The van der Waals surface area contributed by atoms with Gasteiger partial charge in [-0.3, -0.25) is 14.8 Å². The molecule has 0 aliphatic carbocycles. The fourth-order valence-corrected chi connectivity index (χ4v) is 3.10. The molecule has 2 aromatic carbocycles. The molecule has 1 saturated heterocycles. The molecular weight excluding hydrogens is 443 g/mol. The van der Waals surface area contributed by atoms with Gasteiger partial charge in [0.2, 0.25) is 5.82 Å². The molecule has 1 atom stereocenters. The quantitative estimate of drug-likeness (QED) is 0.329. The maximum absolute atomic E-state index is 14.0. The van der Waals surface area contributed by atoms with Gasteiger partial charge in [0.15, 0.2) is 29.4 Å². The number of nitrogens with zero attached hydrogens (tertiary/aromatic N) is 2. The number of hydroxylamine groups is 2. The van der Waals surface area contributed by atoms with Crippen LogP contribution in [0.5, 0.6) is 0 Å². The van der Waals surface area contributed by atoms with E-state index in [0.717, 1.165) is 0 Å². The first-order chi connectivity index (χ1) is 12.6. The summed E-state index contributed by atoms with van der Waals surface area (Å²) in [6.45, 7) is -0.827. The highest BCUT2D eigenvalue weighted by molar-refractivity contribution is 9.10. The number of carbonyl (C=O) groups is 2. The zero-order chi connectivity index (χ0) is 20.0. The van der Waals surface area contributed by atoms with E-state index in [1.807, 2.05) is 0 Å². The number of benzene rings is 2. The van der Waals surface area contributed by atoms with E-state index in [4.69, 9.17) is 0 Å². The Morgan fingerprint density at radius 2 is 1.59 bits per heavy atom. The molecule has 0 radical (unpaired) electrons. The molecule has 1 fully saturated rings. The van der Waals surface area contributed by atoms with E-state index in [-0.39, 0.29) is 10.6 Å². The summed E-state index contributed by atoms with van der Waals surface area (Å²) in [5.74, 6) is -14.3. The van der Waals surface area contributed by atoms with Crippen molar-refractivity contribution in [2.24, 2.45) is 0 Å². The number of hydrogen-bond acceptors (Lipinski definition) is 3. The summed E-state index contributed by atoms with van der Waals surface area (Å²) in [7, 11) is 0. The second kappa shape index (κ2) is 6.89. The van der Waals surface area contributed by atoms with Crippen molar-refractivity contribution in [1.82, 2.24) is 9.96 Å². The van der Waals surface area contributed by atoms with E-state index >= 15 is 0 Å². The van der Waals surface area contributed by atoms with Gasteiger partial charge in [-0.05, 0) is 17.7 Å². The van der Waals surface area contributed by atoms with Crippen molar-refractivity contribution in [2.45, 2.75) is 6.17 Å². The van der Waals surface area contributed by atoms with E-state index in [0.29, 0.717) is 9.37 Å². The maximum Gasteiger partial charge on any atom is 0.267 e. The molecule has 1 heterocycles. The molecule has 1 aliphatic rings. The summed E-state index contributed by atoms with van der Waals surface area (Å²) in [5.41, 5.74) is -1.55. The molecule has 2 amide bonds. The SMILES string of the molecule is O=C1CN(C(=O)c2c(F)c(F)c(F)c(F)c2F)C(c2cccc(Br)c2)N1O. The molecule has 0 aromatic heterocycles. The lowest BCUT2D eigenvalue weighted by Gasteiger charge is -2.27. The van der Waals surface area contributed by atoms with E-state index in [1.165, 1.54) is 18.2 Å². The van der Waals surface area contributed by atoms with Crippen LogP contribution in [0.3, 0.4) is 0 Å². The van der Waals surface area contributed by atoms with Gasteiger partial charge in [-0.25, -0.2) is 22.0 Å². The van der Waals surface area contributed by atoms with Crippen molar-refractivity contribution < 1.29 is 36.7 Å². The normalized spacial score (nSPS) is 17.0. The minimum absolute atomic E-state index is 0.145. The summed E-state index contributed by atoms with van der Waals surface area (Å²) in [6.07, 6.45) is -1.52. The molecule has 1 unspecified atom stereocenters. The van der Waals surface area contributed by atoms with E-state index < -0.39 is 59.2 Å². The molecule has 0 saturated carbocycles. The first-order valence-electron chi connectivity index (χ1n) is 7.24. The van der Waals surface area contributed by atoms with Crippen molar-refractivity contribution in [3.63, 3.8) is 0 Å². The molecule has 0 bridgehead atoms. The second-order valence-electron chi connectivity index (χ2n) is 5.54. The van der Waals surface area contributed by atoms with Gasteiger partial charge in [0, 0.05) is 4.47 Å². The summed E-state index contributed by atoms with van der Waals surface area (Å²) in [4.78, 5) is 24.9. The monoisotopic (exact) mass is 450 g/mol. The second-order valence-corrected chi connectivity index (χ2v) is 6.46. The van der Waals surface area contributed by atoms with E-state index in [2.05, 4.69) is 15.9 Å². The molecule has 1 aliphatic heterocycles. The molecule has 11 heteroatoms. The van der Waals surface area contributed by atoms with Gasteiger partial charge >= 0.3 is 0 Å². The third-order valence-corrected chi connectivity index (χ3v) is 4.41. The zero-order valence-corrected chi connectivity index (χ0v) is 14.6. The molecule has 142 valence electrons. The van der Waals surface area contributed by atoms with Crippen LogP contribution in [0.25, 0.3) is 0 Å². The Labute approximate surface area is 156 Å². The summed E-state index contributed by atoms with van der Waals surface area (Å²) in [6, 6.07) is 5.90. The maximum atomic E-state index is 14.0. The lowest BCUT2D eigenvalue weighted by Crippen LogP contribution is -2.35. The number of amides is 2. The molecule has 2 aromatic rings. The summed E-state index contributed by atoms with van der Waals surface area (Å²) >= 11 is 3.15. The highest BCUT2D eigenvalue weighted by atomic mass is 79.9. The van der Waals surface area contributed by atoms with Crippen LogP contribution in [0.1, 0.15) is 22.1 Å². The molecule has 0 spiro atoms. The predicted octanol–water partition coefficient (Wildman–Crippen LogP) is 3.52. The Morgan fingerprint density at radius 3 is 2.15 bits per heavy atom. The average Bonchev–Trinajstić information content (AvgIpc) is 2.93. The molecular formula is C16H8BrF5N2O3. The van der Waals surface area contributed by atoms with Crippen molar-refractivity contribution in [1.29, 1.82) is 0 Å². The minimum atomic E-state index is -2.41. The van der Waals surface area contributed by atoms with Crippen LogP contribution in [0.15, 0.2) is 28.7 Å². The van der Waals surface area contributed by atoms with E-state index in [9.17, 15) is 36.7 Å². The molecule has 3 rings (SSSR count). The van der Waals surface area contributed by atoms with Crippen molar-refractivity contribution >= 4 is 27.7 Å². The largest absolute Gasteiger partial charge is 0.302 e. The fourth-order valence-electron chi connectivity index (χ4n) is 2.68. The van der Waals surface area contributed by atoms with Crippen molar-refractivity contribution in [2.75, 3.05) is 6.54 Å². The molecule has 1 N–H and O–H groups in total. The van der Waals surface area contributed by atoms with Gasteiger partial charge in [0.1, 0.15) is 12.1 Å². The van der Waals surface area contributed by atoms with Crippen LogP contribution in [0.4, 0.5) is 22.0 Å². The Kier molecular flexibility index (Phi) is 4.91. The summed E-state index contributed by atoms with van der Waals surface area (Å²) in [5, 5.41) is 10.1. The minimum Gasteiger partial charge on any atom is -0.302 e. The smallest absolute Gasteiger partial charge is 0.267 e. The first kappa shape index (κ1) is 19.2. The van der Waals surface area contributed by atoms with Gasteiger partial charge in [0.05, 0.1) is 0 Å². The number of rotatable bonds is 2. The highest BCUT2D eigenvalue weighted by Crippen LogP contribution is 2.34. The fraction of sp³-hybridized carbons (Fsp3) is 0.125. The van der Waals surface area contributed by atoms with Crippen molar-refractivity contribution in [3.8, 4) is 0 Å². The van der Waals surface area contributed by atoms with Gasteiger partial charge in [-0.15, -0.1) is 0 Å². The lowest BCUT2D eigenvalue weighted by atomic mass is 10.1. The predicted molar refractivity (Wildman–Crippen MR) is 82.8 cm³/mol. The number of carbonyl (C=O) groups excluding carboxylic acids is 2. The average molecular weight is 451 g/mol. The Balaban J connectivity index is 2.12. The van der Waals surface area contributed by atoms with Crippen LogP contribution < -0.4 is 0 Å². The Hall–Kier alpha value is -2.53. The Bertz CT molecular complexity index is 942. The highest BCUT2D eigenvalue weighted by Gasteiger charge is 2.44. The number of halogens is 6. The lowest BCUT2D eigenvalue weighted by molar-refractivity contribution is -0.168. The molecule has 5 nitrogen and oxygen atoms in total. The third-order valence-electron chi connectivity index (χ3n) is 3.92. The zero-order valence-electron chi connectivity index (χ0n) is 13.0. The molecule has 27 heavy (non-hydrogen) atoms. The van der Waals surface area contributed by atoms with Crippen LogP contribution in [0, 0.1) is 29.1 Å². The van der Waals surface area contributed by atoms with Gasteiger partial charge in [0.25, 0.3) is 11.8 Å². The van der Waals surface area contributed by atoms with Crippen LogP contribution in [-0.2, 0) is 4.79 Å². The standard InChI is InChI=1S/C16H8BrF5N2O3/c17-7-3-1-2-6(4-7)15-23(5-8(25)24(15)27)16(26)9-10(18)12(20)14(22)13(21)11(9)19/h1-4,15,27H,5H2. The van der Waals surface area contributed by atoms with Crippen LogP contribution >= 0.6 is 15.9 Å². The first-order valence-corrected chi connectivity index (χ1v) is 8.03. The van der Waals surface area contributed by atoms with E-state index in [1.54, 1.807) is 6.07 Å². The van der Waals surface area contributed by atoms with Gasteiger partial charge < -0.3 is 4.90 Å². The van der Waals surface area contributed by atoms with Gasteiger partial charge in [-0.1, -0.05) is 28.1 Å². The summed E-state index contributed by atoms with van der Waals surface area (Å²) < 4.78 is 68.4. The van der Waals surface area contributed by atoms with Gasteiger partial charge in [-0.2, -0.15) is 5.06 Å². The topological polar surface area (TPSA) is 60.9 Å².